The molecule has 1 fully saturated rings. The van der Waals surface area contributed by atoms with Crippen molar-refractivity contribution in [1.29, 1.82) is 0 Å². The number of benzene rings is 6. The van der Waals surface area contributed by atoms with Gasteiger partial charge in [-0.3, -0.25) is 9.97 Å². The number of nitrogens with zero attached hydrogens (tertiary/aromatic N) is 2. The Morgan fingerprint density at radius 1 is 0.650 bits per heavy atom. The summed E-state index contributed by atoms with van der Waals surface area (Å²) in [6.45, 7) is 11.6. The molecule has 0 unspecified atom stereocenters. The molecule has 0 bridgehead atoms. The molecular formula is C55H47N2O2Pt-. The maximum absolute atomic E-state index is 11.5. The molecule has 6 aromatic carbocycles. The largest absolute Gasteiger partial charge is 0.507 e. The van der Waals surface area contributed by atoms with Crippen molar-refractivity contribution >= 4 is 32.7 Å². The standard InChI is InChI=1S/C55H47N2O2.Pt/c1-53(2,3)38-31-45(37-28-36-21-20-34-12-10-18-47-51(34)52(36)48(30-37)59-47)57-50(32-38)55(42-15-8-6-13-39(42)40-14-7-9-16-43(40)55)49-19-11-17-44(56-49)41-29-35(22-23-46(41)58)33-24-26-54(4,5)27-25-33;/h6-23,28-29,31-33,58H,24-27H2,1-5H3;/q-1;. The number of furan rings is 1. The normalized spacial score (nSPS) is 15.9. The summed E-state index contributed by atoms with van der Waals surface area (Å²) >= 11 is 0. The van der Waals surface area contributed by atoms with Crippen LogP contribution in [-0.2, 0) is 31.9 Å². The topological polar surface area (TPSA) is 59.2 Å². The van der Waals surface area contributed by atoms with E-state index >= 15 is 0 Å². The molecule has 9 aromatic rings. The summed E-state index contributed by atoms with van der Waals surface area (Å²) in [5.74, 6) is 0.712. The summed E-state index contributed by atoms with van der Waals surface area (Å²) in [6.07, 6.45) is 4.71. The smallest absolute Gasteiger partial charge is 0.124 e. The summed E-state index contributed by atoms with van der Waals surface area (Å²) in [6, 6.07) is 50.9. The van der Waals surface area contributed by atoms with E-state index in [1.807, 2.05) is 24.3 Å². The van der Waals surface area contributed by atoms with Crippen LogP contribution in [0.25, 0.3) is 66.4 Å². The molecule has 0 amide bonds. The van der Waals surface area contributed by atoms with Crippen molar-refractivity contribution in [2.45, 2.75) is 77.0 Å². The second kappa shape index (κ2) is 14.0. The molecule has 300 valence electrons. The first kappa shape index (κ1) is 38.6. The zero-order chi connectivity index (χ0) is 40.3. The minimum atomic E-state index is -0.867. The van der Waals surface area contributed by atoms with E-state index in [1.54, 1.807) is 0 Å². The van der Waals surface area contributed by atoms with Crippen LogP contribution in [-0.4, -0.2) is 15.1 Å². The minimum absolute atomic E-state index is 0. The second-order valence-corrected chi connectivity index (χ2v) is 18.8. The van der Waals surface area contributed by atoms with Crippen molar-refractivity contribution in [3.63, 3.8) is 0 Å². The quantitative estimate of drug-likeness (QED) is 0.138. The molecule has 2 aliphatic carbocycles. The van der Waals surface area contributed by atoms with Gasteiger partial charge in [0.25, 0.3) is 0 Å². The molecule has 2 aliphatic rings. The predicted molar refractivity (Wildman–Crippen MR) is 240 cm³/mol. The van der Waals surface area contributed by atoms with Crippen molar-refractivity contribution in [2.75, 3.05) is 0 Å². The number of fused-ring (bicyclic) bond motifs is 3. The molecule has 0 radical (unpaired) electrons. The number of phenols is 1. The van der Waals surface area contributed by atoms with Gasteiger partial charge in [0, 0.05) is 26.6 Å². The minimum Gasteiger partial charge on any atom is -0.507 e. The van der Waals surface area contributed by atoms with Crippen LogP contribution in [0.5, 0.6) is 5.75 Å². The van der Waals surface area contributed by atoms with E-state index in [4.69, 9.17) is 14.4 Å². The number of rotatable bonds is 5. The number of hydrogen-bond acceptors (Lipinski definition) is 4. The fourth-order valence-corrected chi connectivity index (χ4v) is 10.3. The zero-order valence-electron chi connectivity index (χ0n) is 34.7. The summed E-state index contributed by atoms with van der Waals surface area (Å²) in [5.41, 5.74) is 13.0. The molecule has 0 spiro atoms. The molecule has 11 rings (SSSR count). The molecule has 0 aliphatic heterocycles. The molecule has 4 nitrogen and oxygen atoms in total. The van der Waals surface area contributed by atoms with Crippen molar-refractivity contribution in [3.8, 4) is 39.4 Å². The van der Waals surface area contributed by atoms with Gasteiger partial charge in [0.05, 0.1) is 22.7 Å². The molecular weight excluding hydrogens is 916 g/mol. The van der Waals surface area contributed by atoms with Crippen LogP contribution in [0, 0.1) is 11.5 Å². The van der Waals surface area contributed by atoms with E-state index < -0.39 is 5.41 Å². The van der Waals surface area contributed by atoms with Gasteiger partial charge in [-0.25, -0.2) is 0 Å². The first-order valence-electron chi connectivity index (χ1n) is 21.1. The van der Waals surface area contributed by atoms with Crippen molar-refractivity contribution < 1.29 is 30.6 Å². The van der Waals surface area contributed by atoms with Gasteiger partial charge in [0.2, 0.25) is 0 Å². The van der Waals surface area contributed by atoms with Gasteiger partial charge in [-0.1, -0.05) is 137 Å². The maximum atomic E-state index is 11.5. The average molecular weight is 963 g/mol. The van der Waals surface area contributed by atoms with E-state index in [9.17, 15) is 5.11 Å². The first-order chi connectivity index (χ1) is 28.5. The summed E-state index contributed by atoms with van der Waals surface area (Å²) in [7, 11) is 0. The van der Waals surface area contributed by atoms with Gasteiger partial charge >= 0.3 is 0 Å². The number of pyridine rings is 2. The monoisotopic (exact) mass is 962 g/mol. The van der Waals surface area contributed by atoms with E-state index in [0.717, 1.165) is 85.2 Å². The Kier molecular flexibility index (Phi) is 9.01. The Hall–Kier alpha value is -5.57. The zero-order valence-corrected chi connectivity index (χ0v) is 36.9. The van der Waals surface area contributed by atoms with Crippen LogP contribution in [0.1, 0.15) is 99.9 Å². The van der Waals surface area contributed by atoms with Crippen LogP contribution < -0.4 is 0 Å². The van der Waals surface area contributed by atoms with Gasteiger partial charge in [0.1, 0.15) is 16.7 Å². The molecule has 0 saturated heterocycles. The molecule has 5 heteroatoms. The average Bonchev–Trinajstić information content (AvgIpc) is 3.77. The Morgan fingerprint density at radius 3 is 2.07 bits per heavy atom. The van der Waals surface area contributed by atoms with Crippen molar-refractivity contribution in [1.82, 2.24) is 9.97 Å². The maximum Gasteiger partial charge on any atom is 0.124 e. The van der Waals surface area contributed by atoms with Crippen molar-refractivity contribution in [3.05, 3.63) is 173 Å². The number of aromatic nitrogens is 2. The third kappa shape index (κ3) is 5.97. The molecule has 3 aromatic heterocycles. The third-order valence-corrected chi connectivity index (χ3v) is 13.6. The van der Waals surface area contributed by atoms with Crippen LogP contribution >= 0.6 is 0 Å². The van der Waals surface area contributed by atoms with Gasteiger partial charge < -0.3 is 9.52 Å². The molecule has 1 N–H and O–H groups in total. The molecule has 1 saturated carbocycles. The Bertz CT molecular complexity index is 3060. The second-order valence-electron chi connectivity index (χ2n) is 18.8. The molecule has 3 heterocycles. The van der Waals surface area contributed by atoms with Gasteiger partial charge in [0.15, 0.2) is 0 Å². The first-order valence-corrected chi connectivity index (χ1v) is 21.1. The van der Waals surface area contributed by atoms with E-state index in [-0.39, 0.29) is 32.2 Å². The summed E-state index contributed by atoms with van der Waals surface area (Å²) in [4.78, 5) is 11.3. The van der Waals surface area contributed by atoms with Crippen LogP contribution in [0.15, 0.2) is 138 Å². The summed E-state index contributed by atoms with van der Waals surface area (Å²) < 4.78 is 6.49. The van der Waals surface area contributed by atoms with Gasteiger partial charge in [-0.2, -0.15) is 0 Å². The van der Waals surface area contributed by atoms with Crippen molar-refractivity contribution in [2.24, 2.45) is 5.41 Å². The molecule has 0 atom stereocenters. The van der Waals surface area contributed by atoms with E-state index in [2.05, 4.69) is 150 Å². The number of phenolic OH excluding ortho intramolecular Hbond substituents is 1. The number of hydrogen-bond donors (Lipinski definition) is 1. The SMILES string of the molecule is CC1(C)CCC(c2ccc(O)c(-c3cccc(C4(c5cc(C(C)(C)C)cc(-c6[c-]c7oc8cccc9ccc(c6)c7c98)n5)c5ccccc5-c5ccccc54)n3)c2)CC1.[Pt]. The fourth-order valence-electron chi connectivity index (χ4n) is 10.3. The molecule has 60 heavy (non-hydrogen) atoms. The van der Waals surface area contributed by atoms with E-state index in [1.165, 1.54) is 40.5 Å². The Labute approximate surface area is 366 Å². The summed E-state index contributed by atoms with van der Waals surface area (Å²) in [5, 5.41) is 16.0. The van der Waals surface area contributed by atoms with Crippen LogP contribution in [0.2, 0.25) is 0 Å². The number of aromatic hydroxyl groups is 1. The fraction of sp³-hybridized carbons (Fsp3) is 0.236. The van der Waals surface area contributed by atoms with E-state index in [0.29, 0.717) is 11.3 Å². The van der Waals surface area contributed by atoms with Gasteiger partial charge in [-0.15, -0.1) is 11.6 Å². The van der Waals surface area contributed by atoms with Crippen LogP contribution in [0.3, 0.4) is 0 Å². The van der Waals surface area contributed by atoms with Gasteiger partial charge in [-0.05, 0) is 134 Å². The third-order valence-electron chi connectivity index (χ3n) is 13.6. The van der Waals surface area contributed by atoms with Crippen LogP contribution in [0.4, 0.5) is 0 Å². The Morgan fingerprint density at radius 2 is 1.33 bits per heavy atom. The Balaban J connectivity index is 0.00000433. The predicted octanol–water partition coefficient (Wildman–Crippen LogP) is 14.1.